The number of nitrogens with one attached hydrogen (secondary N) is 4. The van der Waals surface area contributed by atoms with Crippen LogP contribution >= 0.6 is 0 Å². The van der Waals surface area contributed by atoms with Crippen molar-refractivity contribution in [3.8, 4) is 11.5 Å². The third kappa shape index (κ3) is 13.4. The van der Waals surface area contributed by atoms with Gasteiger partial charge in [0, 0.05) is 17.1 Å². The Morgan fingerprint density at radius 2 is 1.00 bits per heavy atom. The maximum Gasteiger partial charge on any atom is 0.323 e. The minimum absolute atomic E-state index is 0.158. The van der Waals surface area contributed by atoms with Gasteiger partial charge < -0.3 is 25.8 Å². The lowest BCUT2D eigenvalue weighted by Crippen LogP contribution is -2.19. The van der Waals surface area contributed by atoms with Crippen molar-refractivity contribution in [1.29, 1.82) is 0 Å². The number of hydrogen-bond acceptors (Lipinski definition) is 10. The summed E-state index contributed by atoms with van der Waals surface area (Å²) in [5, 5.41) is 5.36. The van der Waals surface area contributed by atoms with Gasteiger partial charge >= 0.3 is 6.03 Å². The van der Waals surface area contributed by atoms with Crippen LogP contribution in [-0.2, 0) is 24.8 Å². The number of amides is 2. The second-order valence-electron chi connectivity index (χ2n) is 11.3. The van der Waals surface area contributed by atoms with E-state index < -0.39 is 26.1 Å². The monoisotopic (exact) mass is 794 g/mol. The molecule has 0 radical (unpaired) electrons. The molecule has 288 valence electrons. The molecular formula is C40H38N6O8S2. The van der Waals surface area contributed by atoms with Gasteiger partial charge in [-0.3, -0.25) is 9.44 Å². The Labute approximate surface area is 325 Å². The van der Waals surface area contributed by atoms with Gasteiger partial charge in [-0.2, -0.15) is 4.99 Å². The van der Waals surface area contributed by atoms with Crippen molar-refractivity contribution in [3.63, 3.8) is 0 Å². The summed E-state index contributed by atoms with van der Waals surface area (Å²) in [4.78, 5) is 25.8. The molecule has 0 heterocycles. The summed E-state index contributed by atoms with van der Waals surface area (Å²) in [6.45, 7) is 0. The molecule has 0 aliphatic rings. The number of aliphatic imine (C=N–C) groups is 1. The molecule has 0 aliphatic carbocycles. The average Bonchev–Trinajstić information content (AvgIpc) is 3.19. The number of sulfonamides is 2. The fourth-order valence-electron chi connectivity index (χ4n) is 4.57. The highest BCUT2D eigenvalue weighted by atomic mass is 32.2. The van der Waals surface area contributed by atoms with Gasteiger partial charge in [-0.15, -0.1) is 0 Å². The van der Waals surface area contributed by atoms with Crippen molar-refractivity contribution >= 4 is 66.3 Å². The number of rotatable bonds is 11. The molecule has 0 aromatic heterocycles. The van der Waals surface area contributed by atoms with Crippen LogP contribution in [0.3, 0.4) is 0 Å². The first-order valence-electron chi connectivity index (χ1n) is 16.5. The van der Waals surface area contributed by atoms with Gasteiger partial charge in [0.2, 0.25) is 6.08 Å². The summed E-state index contributed by atoms with van der Waals surface area (Å²) in [7, 11) is -4.09. The number of hydrogen-bond donors (Lipinski definition) is 5. The van der Waals surface area contributed by atoms with Crippen molar-refractivity contribution in [2.75, 3.05) is 40.0 Å². The molecule has 6 N–H and O–H groups in total. The van der Waals surface area contributed by atoms with E-state index in [1.807, 2.05) is 0 Å². The highest BCUT2D eigenvalue weighted by molar-refractivity contribution is 7.93. The normalized spacial score (nSPS) is 10.4. The molecule has 6 aromatic rings. The molecule has 0 spiro atoms. The summed E-state index contributed by atoms with van der Waals surface area (Å²) < 4.78 is 63.7. The number of benzene rings is 6. The number of carbonyl (C=O) groups is 1. The maximum atomic E-state index is 12.4. The van der Waals surface area contributed by atoms with Gasteiger partial charge in [0.25, 0.3) is 20.0 Å². The molecule has 0 fully saturated rings. The van der Waals surface area contributed by atoms with Crippen LogP contribution < -0.4 is 35.3 Å². The smallest absolute Gasteiger partial charge is 0.323 e. The van der Waals surface area contributed by atoms with E-state index in [0.717, 1.165) is 5.75 Å². The number of isocyanates is 1. The first-order chi connectivity index (χ1) is 26.9. The third-order valence-electron chi connectivity index (χ3n) is 7.21. The highest BCUT2D eigenvalue weighted by Gasteiger charge is 2.15. The van der Waals surface area contributed by atoms with Gasteiger partial charge in [-0.25, -0.2) is 26.4 Å². The zero-order chi connectivity index (χ0) is 40.4. The van der Waals surface area contributed by atoms with E-state index in [1.54, 1.807) is 142 Å². The molecule has 0 atom stereocenters. The van der Waals surface area contributed by atoms with E-state index in [0.29, 0.717) is 39.9 Å². The minimum Gasteiger partial charge on any atom is -0.497 e. The number of nitrogens with zero attached hydrogens (tertiary/aromatic N) is 1. The summed E-state index contributed by atoms with van der Waals surface area (Å²) in [6.07, 6.45) is 1.46. The van der Waals surface area contributed by atoms with E-state index in [2.05, 4.69) is 25.1 Å². The Kier molecular flexibility index (Phi) is 15.1. The van der Waals surface area contributed by atoms with Crippen LogP contribution in [0.1, 0.15) is 0 Å². The number of nitrogen functional groups attached to an aromatic ring is 1. The fourth-order valence-corrected chi connectivity index (χ4v) is 6.71. The van der Waals surface area contributed by atoms with Gasteiger partial charge in [-0.05, 0) is 109 Å². The maximum absolute atomic E-state index is 12.4. The van der Waals surface area contributed by atoms with Gasteiger partial charge in [0.05, 0.1) is 41.1 Å². The van der Waals surface area contributed by atoms with E-state index in [4.69, 9.17) is 15.2 Å². The summed E-state index contributed by atoms with van der Waals surface area (Å²) in [5.74, 6) is 1.43. The van der Waals surface area contributed by atoms with Crippen LogP contribution in [0, 0.1) is 0 Å². The highest BCUT2D eigenvalue weighted by Crippen LogP contribution is 2.21. The summed E-state index contributed by atoms with van der Waals surface area (Å²) in [6, 6.07) is 42.6. The lowest BCUT2D eigenvalue weighted by molar-refractivity contribution is 0.262. The summed E-state index contributed by atoms with van der Waals surface area (Å²) in [5.41, 5.74) is 8.51. The molecule has 0 saturated carbocycles. The molecule has 0 aliphatic heterocycles. The molecular weight excluding hydrogens is 757 g/mol. The molecule has 6 aromatic carbocycles. The SMILES string of the molecule is COc1ccc(N=C=O)cc1.COc1ccc(NC(=O)Nc2cccc(NS(=O)(=O)c3ccccc3)c2)cc1.Nc1cccc(NS(=O)(=O)c2ccccc2)c1. The Bertz CT molecular complexity index is 2450. The van der Waals surface area contributed by atoms with Crippen LogP contribution in [0.15, 0.2) is 173 Å². The van der Waals surface area contributed by atoms with Gasteiger partial charge in [0.1, 0.15) is 11.5 Å². The molecule has 0 bridgehead atoms. The van der Waals surface area contributed by atoms with Crippen molar-refractivity contribution in [2.24, 2.45) is 4.99 Å². The Balaban J connectivity index is 0.000000210. The first kappa shape index (κ1) is 41.6. The zero-order valence-electron chi connectivity index (χ0n) is 30.1. The van der Waals surface area contributed by atoms with Crippen molar-refractivity contribution in [1.82, 2.24) is 0 Å². The van der Waals surface area contributed by atoms with Crippen LogP contribution in [0.2, 0.25) is 0 Å². The Hall–Kier alpha value is -7.13. The lowest BCUT2D eigenvalue weighted by Gasteiger charge is -2.11. The van der Waals surface area contributed by atoms with Crippen LogP contribution in [0.4, 0.5) is 38.9 Å². The second-order valence-corrected chi connectivity index (χ2v) is 14.6. The molecule has 56 heavy (non-hydrogen) atoms. The number of methoxy groups -OCH3 is 2. The lowest BCUT2D eigenvalue weighted by atomic mass is 10.3. The zero-order valence-corrected chi connectivity index (χ0v) is 31.8. The topological polar surface area (TPSA) is 207 Å². The number of anilines is 5. The first-order valence-corrected chi connectivity index (χ1v) is 19.4. The van der Waals surface area contributed by atoms with Gasteiger partial charge in [0.15, 0.2) is 0 Å². The molecule has 0 saturated heterocycles. The minimum atomic E-state index is -3.70. The van der Waals surface area contributed by atoms with E-state index in [9.17, 15) is 26.4 Å². The molecule has 16 heteroatoms. The fraction of sp³-hybridized carbons (Fsp3) is 0.0500. The quantitative estimate of drug-likeness (QED) is 0.0491. The number of nitrogens with two attached hydrogens (primary N) is 1. The largest absolute Gasteiger partial charge is 0.497 e. The van der Waals surface area contributed by atoms with Crippen LogP contribution in [0.25, 0.3) is 0 Å². The van der Waals surface area contributed by atoms with Gasteiger partial charge in [-0.1, -0.05) is 48.5 Å². The number of ether oxygens (including phenoxy) is 2. The van der Waals surface area contributed by atoms with Crippen LogP contribution in [-0.4, -0.2) is 43.2 Å². The Morgan fingerprint density at radius 1 is 0.554 bits per heavy atom. The second kappa shape index (κ2) is 20.4. The summed E-state index contributed by atoms with van der Waals surface area (Å²) >= 11 is 0. The van der Waals surface area contributed by atoms with Crippen molar-refractivity contribution in [3.05, 3.63) is 158 Å². The standard InChI is InChI=1S/C20H19N3O4S.C12H12N2O2S.C8H7NO2/c1-27-18-12-10-15(11-13-18)21-20(24)22-16-6-5-7-17(14-16)23-28(25,26)19-8-3-2-4-9-19;13-10-5-4-6-11(9-10)14-17(15,16)12-7-2-1-3-8-12;1-11-8-4-2-7(3-5-8)9-6-10/h2-14,23H,1H3,(H2,21,22,24);1-9,14H,13H2;2-5H,1H3. The van der Waals surface area contributed by atoms with E-state index in [-0.39, 0.29) is 9.79 Å². The third-order valence-corrected chi connectivity index (χ3v) is 10.0. The predicted molar refractivity (Wildman–Crippen MR) is 218 cm³/mol. The predicted octanol–water partition coefficient (Wildman–Crippen LogP) is 7.87. The van der Waals surface area contributed by atoms with E-state index in [1.165, 1.54) is 36.4 Å². The van der Waals surface area contributed by atoms with Crippen molar-refractivity contribution in [2.45, 2.75) is 9.79 Å². The Morgan fingerprint density at radius 3 is 1.48 bits per heavy atom. The van der Waals surface area contributed by atoms with Crippen molar-refractivity contribution < 1.29 is 35.9 Å². The molecule has 14 nitrogen and oxygen atoms in total. The van der Waals surface area contributed by atoms with E-state index >= 15 is 0 Å². The average molecular weight is 795 g/mol. The van der Waals surface area contributed by atoms with Crippen LogP contribution in [0.5, 0.6) is 11.5 Å². The molecule has 0 unspecified atom stereocenters. The number of urea groups is 1. The molecule has 2 amide bonds. The molecule has 6 rings (SSSR count). The number of carbonyl (C=O) groups excluding carboxylic acids is 2.